The molecule has 0 amide bonds. The van der Waals surface area contributed by atoms with Crippen LogP contribution in [0.5, 0.6) is 0 Å². The maximum Gasteiger partial charge on any atom is 0.205 e. The number of aromatic nitrogens is 5. The molecule has 0 spiro atoms. The van der Waals surface area contributed by atoms with Crippen LogP contribution in [-0.2, 0) is 13.1 Å². The van der Waals surface area contributed by atoms with Crippen molar-refractivity contribution in [1.82, 2.24) is 24.1 Å². The summed E-state index contributed by atoms with van der Waals surface area (Å²) in [4.78, 5) is 10.9. The van der Waals surface area contributed by atoms with E-state index in [1.54, 1.807) is 12.7 Å². The summed E-state index contributed by atoms with van der Waals surface area (Å²) >= 11 is 1.51. The van der Waals surface area contributed by atoms with Gasteiger partial charge in [0.25, 0.3) is 0 Å². The molecular weight excluding hydrogens is 320 g/mol. The highest BCUT2D eigenvalue weighted by molar-refractivity contribution is 7.09. The number of hydrogen-bond acceptors (Lipinski definition) is 6. The molecule has 2 aromatic heterocycles. The van der Waals surface area contributed by atoms with Crippen molar-refractivity contribution in [3.8, 4) is 0 Å². The van der Waals surface area contributed by atoms with Crippen LogP contribution in [0.1, 0.15) is 42.1 Å². The Morgan fingerprint density at radius 3 is 2.67 bits per heavy atom. The van der Waals surface area contributed by atoms with Gasteiger partial charge in [-0.1, -0.05) is 30.7 Å². The fourth-order valence-electron chi connectivity index (χ4n) is 2.81. The summed E-state index contributed by atoms with van der Waals surface area (Å²) in [5.74, 6) is 1.63. The molecule has 2 heterocycles. The molecular formula is C17H20N6S. The highest BCUT2D eigenvalue weighted by Gasteiger charge is 2.24. The van der Waals surface area contributed by atoms with Gasteiger partial charge in [-0.25, -0.2) is 14.6 Å². The van der Waals surface area contributed by atoms with E-state index in [4.69, 9.17) is 4.98 Å². The number of anilines is 1. The van der Waals surface area contributed by atoms with Crippen molar-refractivity contribution in [2.24, 2.45) is 0 Å². The Kier molecular flexibility index (Phi) is 4.25. The molecule has 124 valence electrons. The summed E-state index contributed by atoms with van der Waals surface area (Å²) in [7, 11) is 2.08. The number of nitrogens with zero attached hydrogens (tertiary/aromatic N) is 6. The van der Waals surface area contributed by atoms with Crippen molar-refractivity contribution < 1.29 is 0 Å². The van der Waals surface area contributed by atoms with Crippen LogP contribution < -0.4 is 4.90 Å². The lowest BCUT2D eigenvalue weighted by atomic mass is 9.85. The Morgan fingerprint density at radius 2 is 2.00 bits per heavy atom. The van der Waals surface area contributed by atoms with Crippen LogP contribution in [0.2, 0.25) is 0 Å². The van der Waals surface area contributed by atoms with Crippen LogP contribution in [0.25, 0.3) is 0 Å². The first-order valence-electron chi connectivity index (χ1n) is 8.23. The second kappa shape index (κ2) is 6.68. The zero-order chi connectivity index (χ0) is 16.4. The van der Waals surface area contributed by atoms with E-state index in [2.05, 4.69) is 50.7 Å². The molecule has 0 aliphatic heterocycles. The first-order valence-corrected chi connectivity index (χ1v) is 9.00. The molecule has 1 aliphatic carbocycles. The molecule has 0 atom stereocenters. The first-order chi connectivity index (χ1) is 11.8. The molecule has 24 heavy (non-hydrogen) atoms. The predicted octanol–water partition coefficient (Wildman–Crippen LogP) is 3.08. The van der Waals surface area contributed by atoms with Gasteiger partial charge >= 0.3 is 0 Å². The SMILES string of the molecule is CN(Cc1ccc(Cn2cncn2)cc1)c1nc(C2CCC2)ns1. The topological polar surface area (TPSA) is 59.7 Å². The third-order valence-electron chi connectivity index (χ3n) is 4.48. The predicted molar refractivity (Wildman–Crippen MR) is 94.2 cm³/mol. The van der Waals surface area contributed by atoms with Gasteiger partial charge in [0.1, 0.15) is 18.5 Å². The van der Waals surface area contributed by atoms with Crippen LogP contribution in [-0.4, -0.2) is 31.2 Å². The van der Waals surface area contributed by atoms with Crippen molar-refractivity contribution in [3.63, 3.8) is 0 Å². The fourth-order valence-corrected chi connectivity index (χ4v) is 3.51. The zero-order valence-corrected chi connectivity index (χ0v) is 14.5. The third kappa shape index (κ3) is 3.31. The summed E-state index contributed by atoms with van der Waals surface area (Å²) in [5, 5.41) is 5.14. The van der Waals surface area contributed by atoms with Crippen molar-refractivity contribution in [2.45, 2.75) is 38.3 Å². The average molecular weight is 340 g/mol. The quantitative estimate of drug-likeness (QED) is 0.690. The van der Waals surface area contributed by atoms with Crippen LogP contribution in [0.4, 0.5) is 5.13 Å². The Hall–Kier alpha value is -2.28. The van der Waals surface area contributed by atoms with E-state index in [0.717, 1.165) is 24.0 Å². The van der Waals surface area contributed by atoms with Gasteiger partial charge in [0.2, 0.25) is 5.13 Å². The zero-order valence-electron chi connectivity index (χ0n) is 13.7. The number of hydrogen-bond donors (Lipinski definition) is 0. The van der Waals surface area contributed by atoms with E-state index < -0.39 is 0 Å². The van der Waals surface area contributed by atoms with Gasteiger partial charge in [0, 0.05) is 31.0 Å². The Bertz CT molecular complexity index is 776. The van der Waals surface area contributed by atoms with E-state index in [-0.39, 0.29) is 0 Å². The van der Waals surface area contributed by atoms with Gasteiger partial charge in [-0.2, -0.15) is 9.47 Å². The maximum atomic E-state index is 4.71. The highest BCUT2D eigenvalue weighted by atomic mass is 32.1. The summed E-state index contributed by atoms with van der Waals surface area (Å²) < 4.78 is 6.35. The summed E-state index contributed by atoms with van der Waals surface area (Å²) in [6.07, 6.45) is 7.09. The highest BCUT2D eigenvalue weighted by Crippen LogP contribution is 2.36. The second-order valence-corrected chi connectivity index (χ2v) is 7.06. The van der Waals surface area contributed by atoms with E-state index in [1.807, 2.05) is 4.68 Å². The van der Waals surface area contributed by atoms with E-state index >= 15 is 0 Å². The number of benzene rings is 1. The van der Waals surface area contributed by atoms with Gasteiger partial charge < -0.3 is 4.90 Å². The molecule has 0 radical (unpaired) electrons. The monoisotopic (exact) mass is 340 g/mol. The van der Waals surface area contributed by atoms with Crippen molar-refractivity contribution in [2.75, 3.05) is 11.9 Å². The van der Waals surface area contributed by atoms with Crippen molar-refractivity contribution in [3.05, 3.63) is 53.9 Å². The molecule has 1 saturated carbocycles. The Labute approximate surface area is 145 Å². The lowest BCUT2D eigenvalue weighted by Crippen LogP contribution is -2.17. The largest absolute Gasteiger partial charge is 0.346 e. The fraction of sp³-hybridized carbons (Fsp3) is 0.412. The standard InChI is InChI=1S/C17H20N6S/c1-22(17-20-16(21-24-17)15-3-2-4-15)9-13-5-7-14(8-6-13)10-23-12-18-11-19-23/h5-8,11-12,15H,2-4,9-10H2,1H3. The van der Waals surface area contributed by atoms with Crippen molar-refractivity contribution in [1.29, 1.82) is 0 Å². The van der Waals surface area contributed by atoms with Gasteiger partial charge in [0.05, 0.1) is 6.54 Å². The average Bonchev–Trinajstić information content (AvgIpc) is 3.19. The molecule has 0 N–H and O–H groups in total. The normalized spacial score (nSPS) is 14.5. The van der Waals surface area contributed by atoms with Crippen LogP contribution in [0.3, 0.4) is 0 Å². The van der Waals surface area contributed by atoms with Crippen LogP contribution in [0, 0.1) is 0 Å². The second-order valence-electron chi connectivity index (χ2n) is 6.33. The van der Waals surface area contributed by atoms with E-state index in [0.29, 0.717) is 5.92 Å². The molecule has 1 fully saturated rings. The molecule has 0 bridgehead atoms. The lowest BCUT2D eigenvalue weighted by molar-refractivity contribution is 0.405. The molecule has 0 unspecified atom stereocenters. The minimum absolute atomic E-state index is 0.597. The minimum Gasteiger partial charge on any atom is -0.346 e. The molecule has 4 rings (SSSR count). The summed E-state index contributed by atoms with van der Waals surface area (Å²) in [6, 6.07) is 8.61. The van der Waals surface area contributed by atoms with Gasteiger partial charge in [-0.15, -0.1) is 0 Å². The maximum absolute atomic E-state index is 4.71. The Balaban J connectivity index is 1.38. The van der Waals surface area contributed by atoms with Gasteiger partial charge in [-0.05, 0) is 24.0 Å². The number of rotatable bonds is 6. The molecule has 0 saturated heterocycles. The van der Waals surface area contributed by atoms with Crippen LogP contribution >= 0.6 is 11.5 Å². The van der Waals surface area contributed by atoms with Gasteiger partial charge in [-0.3, -0.25) is 0 Å². The van der Waals surface area contributed by atoms with Crippen LogP contribution in [0.15, 0.2) is 36.9 Å². The Morgan fingerprint density at radius 1 is 1.21 bits per heavy atom. The molecule has 3 aromatic rings. The molecule has 7 heteroatoms. The molecule has 1 aliphatic rings. The summed E-state index contributed by atoms with van der Waals surface area (Å²) in [5.41, 5.74) is 2.48. The van der Waals surface area contributed by atoms with Gasteiger partial charge in [0.15, 0.2) is 0 Å². The smallest absolute Gasteiger partial charge is 0.205 e. The summed E-state index contributed by atoms with van der Waals surface area (Å²) in [6.45, 7) is 1.58. The van der Waals surface area contributed by atoms with E-state index in [1.165, 1.54) is 41.9 Å². The first kappa shape index (κ1) is 15.3. The lowest BCUT2D eigenvalue weighted by Gasteiger charge is -2.22. The third-order valence-corrected chi connectivity index (χ3v) is 5.33. The van der Waals surface area contributed by atoms with Crippen molar-refractivity contribution >= 4 is 16.7 Å². The molecule has 6 nitrogen and oxygen atoms in total. The molecule has 1 aromatic carbocycles. The van der Waals surface area contributed by atoms with E-state index in [9.17, 15) is 0 Å². The minimum atomic E-state index is 0.597.